The molecule has 5 heteroatoms. The molecule has 138 valence electrons. The molecule has 0 bridgehead atoms. The van der Waals surface area contributed by atoms with Gasteiger partial charge in [-0.3, -0.25) is 4.79 Å². The number of hydrogen-bond acceptors (Lipinski definition) is 3. The third-order valence-electron chi connectivity index (χ3n) is 4.72. The van der Waals surface area contributed by atoms with E-state index in [1.165, 1.54) is 12.8 Å². The molecule has 3 aromatic rings. The second-order valence-electron chi connectivity index (χ2n) is 7.50. The van der Waals surface area contributed by atoms with E-state index in [1.54, 1.807) is 0 Å². The van der Waals surface area contributed by atoms with Gasteiger partial charge in [0.2, 0.25) is 0 Å². The largest absolute Gasteiger partial charge is 0.349 e. The molecule has 0 unspecified atom stereocenters. The highest BCUT2D eigenvalue weighted by Gasteiger charge is 2.24. The standard InChI is InChI=1S/C22H24N4O/c1-15(2)25-22(27)20-10-18(14-26(20)13-16-8-9-16)19-11-23-21(24-12-19)17-6-4-3-5-7-17/h3-7,10-12,14-16H,8-9,13H2,1-2H3,(H,25,27). The molecule has 1 fully saturated rings. The average Bonchev–Trinajstić information content (AvgIpc) is 3.38. The minimum absolute atomic E-state index is 0.0290. The van der Waals surface area contributed by atoms with Crippen LogP contribution in [0.4, 0.5) is 0 Å². The van der Waals surface area contributed by atoms with Crippen LogP contribution in [0.25, 0.3) is 22.5 Å². The van der Waals surface area contributed by atoms with Gasteiger partial charge in [0.05, 0.1) is 0 Å². The summed E-state index contributed by atoms with van der Waals surface area (Å²) in [6.07, 6.45) is 8.20. The fraction of sp³-hybridized carbons (Fsp3) is 0.318. The fourth-order valence-electron chi connectivity index (χ4n) is 3.14. The number of hydrogen-bond donors (Lipinski definition) is 1. The van der Waals surface area contributed by atoms with Crippen molar-refractivity contribution in [2.45, 2.75) is 39.3 Å². The zero-order chi connectivity index (χ0) is 18.8. The summed E-state index contributed by atoms with van der Waals surface area (Å²) in [5.41, 5.74) is 3.59. The number of amides is 1. The maximum atomic E-state index is 12.6. The molecule has 0 aliphatic heterocycles. The maximum Gasteiger partial charge on any atom is 0.268 e. The van der Waals surface area contributed by atoms with Crippen LogP contribution in [0.3, 0.4) is 0 Å². The van der Waals surface area contributed by atoms with E-state index in [4.69, 9.17) is 0 Å². The van der Waals surface area contributed by atoms with Crippen LogP contribution in [0.2, 0.25) is 0 Å². The molecule has 1 N–H and O–H groups in total. The van der Waals surface area contributed by atoms with Crippen LogP contribution >= 0.6 is 0 Å². The summed E-state index contributed by atoms with van der Waals surface area (Å²) >= 11 is 0. The highest BCUT2D eigenvalue weighted by molar-refractivity contribution is 5.94. The molecular formula is C22H24N4O. The van der Waals surface area contributed by atoms with Crippen LogP contribution in [0.1, 0.15) is 37.2 Å². The minimum Gasteiger partial charge on any atom is -0.349 e. The molecule has 0 spiro atoms. The van der Waals surface area contributed by atoms with Gasteiger partial charge in [0, 0.05) is 47.9 Å². The first kappa shape index (κ1) is 17.5. The fourth-order valence-corrected chi connectivity index (χ4v) is 3.14. The summed E-state index contributed by atoms with van der Waals surface area (Å²) in [5.74, 6) is 1.36. The molecule has 1 aromatic carbocycles. The predicted octanol–water partition coefficient (Wildman–Crippen LogP) is 4.16. The Morgan fingerprint density at radius 2 is 1.81 bits per heavy atom. The molecule has 1 aliphatic rings. The third-order valence-corrected chi connectivity index (χ3v) is 4.72. The summed E-state index contributed by atoms with van der Waals surface area (Å²) in [6, 6.07) is 12.0. The van der Waals surface area contributed by atoms with Crippen LogP contribution in [0.15, 0.2) is 55.0 Å². The Labute approximate surface area is 159 Å². The zero-order valence-electron chi connectivity index (χ0n) is 15.7. The molecule has 2 aromatic heterocycles. The Kier molecular flexibility index (Phi) is 4.75. The van der Waals surface area contributed by atoms with Gasteiger partial charge in [-0.15, -0.1) is 0 Å². The van der Waals surface area contributed by atoms with Crippen molar-refractivity contribution in [1.82, 2.24) is 19.9 Å². The van der Waals surface area contributed by atoms with E-state index >= 15 is 0 Å². The van der Waals surface area contributed by atoms with E-state index in [0.29, 0.717) is 17.4 Å². The van der Waals surface area contributed by atoms with E-state index in [0.717, 1.165) is 23.2 Å². The smallest absolute Gasteiger partial charge is 0.268 e. The number of carbonyl (C=O) groups excluding carboxylic acids is 1. The van der Waals surface area contributed by atoms with Gasteiger partial charge in [-0.05, 0) is 38.7 Å². The molecular weight excluding hydrogens is 336 g/mol. The Morgan fingerprint density at radius 1 is 1.11 bits per heavy atom. The van der Waals surface area contributed by atoms with Gasteiger partial charge in [-0.25, -0.2) is 9.97 Å². The first-order valence-electron chi connectivity index (χ1n) is 9.49. The van der Waals surface area contributed by atoms with Crippen molar-refractivity contribution in [2.24, 2.45) is 5.92 Å². The topological polar surface area (TPSA) is 59.8 Å². The molecule has 4 rings (SSSR count). The van der Waals surface area contributed by atoms with Gasteiger partial charge in [0.15, 0.2) is 5.82 Å². The van der Waals surface area contributed by atoms with E-state index < -0.39 is 0 Å². The molecule has 0 saturated heterocycles. The first-order valence-corrected chi connectivity index (χ1v) is 9.49. The minimum atomic E-state index is -0.0290. The molecule has 2 heterocycles. The third kappa shape index (κ3) is 4.08. The van der Waals surface area contributed by atoms with Crippen molar-refractivity contribution in [3.63, 3.8) is 0 Å². The first-order chi connectivity index (χ1) is 13.1. The number of nitrogens with one attached hydrogen (secondary N) is 1. The highest BCUT2D eigenvalue weighted by Crippen LogP contribution is 2.32. The van der Waals surface area contributed by atoms with Gasteiger partial charge in [0.1, 0.15) is 5.69 Å². The molecule has 5 nitrogen and oxygen atoms in total. The molecule has 1 aliphatic carbocycles. The number of carbonyl (C=O) groups is 1. The molecule has 1 saturated carbocycles. The van der Waals surface area contributed by atoms with Crippen LogP contribution in [-0.2, 0) is 6.54 Å². The van der Waals surface area contributed by atoms with E-state index in [2.05, 4.69) is 26.0 Å². The Morgan fingerprint density at radius 3 is 2.44 bits per heavy atom. The summed E-state index contributed by atoms with van der Waals surface area (Å²) in [4.78, 5) is 21.6. The Balaban J connectivity index is 1.62. The number of benzene rings is 1. The monoisotopic (exact) mass is 360 g/mol. The van der Waals surface area contributed by atoms with Crippen molar-refractivity contribution in [3.8, 4) is 22.5 Å². The lowest BCUT2D eigenvalue weighted by Crippen LogP contribution is -2.31. The predicted molar refractivity (Wildman–Crippen MR) is 106 cm³/mol. The zero-order valence-corrected chi connectivity index (χ0v) is 15.7. The van der Waals surface area contributed by atoms with Crippen LogP contribution in [0.5, 0.6) is 0 Å². The maximum absolute atomic E-state index is 12.6. The van der Waals surface area contributed by atoms with Crippen LogP contribution < -0.4 is 5.32 Å². The number of nitrogens with zero attached hydrogens (tertiary/aromatic N) is 3. The van der Waals surface area contributed by atoms with Gasteiger partial charge in [0.25, 0.3) is 5.91 Å². The molecule has 1 amide bonds. The van der Waals surface area contributed by atoms with Crippen molar-refractivity contribution in [1.29, 1.82) is 0 Å². The SMILES string of the molecule is CC(C)NC(=O)c1cc(-c2cnc(-c3ccccc3)nc2)cn1CC1CC1. The lowest BCUT2D eigenvalue weighted by atomic mass is 10.1. The van der Waals surface area contributed by atoms with Crippen molar-refractivity contribution in [3.05, 3.63) is 60.7 Å². The highest BCUT2D eigenvalue weighted by atomic mass is 16.2. The lowest BCUT2D eigenvalue weighted by molar-refractivity contribution is 0.0933. The lowest BCUT2D eigenvalue weighted by Gasteiger charge is -2.11. The summed E-state index contributed by atoms with van der Waals surface area (Å²) in [6.45, 7) is 4.84. The Bertz CT molecular complexity index is 925. The average molecular weight is 360 g/mol. The van der Waals surface area contributed by atoms with Gasteiger partial charge in [-0.2, -0.15) is 0 Å². The summed E-state index contributed by atoms with van der Waals surface area (Å²) < 4.78 is 2.08. The molecule has 27 heavy (non-hydrogen) atoms. The van der Waals surface area contributed by atoms with Crippen LogP contribution in [-0.4, -0.2) is 26.5 Å². The summed E-state index contributed by atoms with van der Waals surface area (Å²) in [7, 11) is 0. The quantitative estimate of drug-likeness (QED) is 0.718. The molecule has 0 radical (unpaired) electrons. The van der Waals surface area contributed by atoms with Gasteiger partial charge in [-0.1, -0.05) is 30.3 Å². The van der Waals surface area contributed by atoms with E-state index in [-0.39, 0.29) is 11.9 Å². The summed E-state index contributed by atoms with van der Waals surface area (Å²) in [5, 5.41) is 3.00. The number of aromatic nitrogens is 3. The normalized spacial score (nSPS) is 13.7. The van der Waals surface area contributed by atoms with Gasteiger partial charge >= 0.3 is 0 Å². The van der Waals surface area contributed by atoms with E-state index in [9.17, 15) is 4.79 Å². The van der Waals surface area contributed by atoms with Crippen LogP contribution in [0, 0.1) is 5.92 Å². The molecule has 0 atom stereocenters. The van der Waals surface area contributed by atoms with Crippen molar-refractivity contribution in [2.75, 3.05) is 0 Å². The Hall–Kier alpha value is -2.95. The second kappa shape index (κ2) is 7.35. The van der Waals surface area contributed by atoms with Gasteiger partial charge < -0.3 is 9.88 Å². The van der Waals surface area contributed by atoms with E-state index in [1.807, 2.05) is 62.6 Å². The number of rotatable bonds is 6. The second-order valence-corrected chi connectivity index (χ2v) is 7.50. The van der Waals surface area contributed by atoms with Crippen molar-refractivity contribution >= 4 is 5.91 Å². The van der Waals surface area contributed by atoms with Crippen molar-refractivity contribution < 1.29 is 4.79 Å².